The van der Waals surface area contributed by atoms with Gasteiger partial charge in [0.25, 0.3) is 11.8 Å². The molecule has 5 aliphatic rings. The number of aromatic nitrogens is 1. The predicted octanol–water partition coefficient (Wildman–Crippen LogP) is 2.66. The van der Waals surface area contributed by atoms with E-state index in [1.54, 1.807) is 6.21 Å². The van der Waals surface area contributed by atoms with E-state index in [-0.39, 0.29) is 35.5 Å². The van der Waals surface area contributed by atoms with Crippen LogP contribution in [0.3, 0.4) is 0 Å². The normalized spacial score (nSPS) is 34.9. The van der Waals surface area contributed by atoms with Crippen LogP contribution in [0.5, 0.6) is 0 Å². The van der Waals surface area contributed by atoms with E-state index in [9.17, 15) is 9.59 Å². The number of carbonyl (C=O) groups excluding carboxylic acids is 2. The van der Waals surface area contributed by atoms with Gasteiger partial charge in [0.1, 0.15) is 0 Å². The monoisotopic (exact) mass is 369 g/mol. The van der Waals surface area contributed by atoms with Gasteiger partial charge in [-0.25, -0.2) is 0 Å². The van der Waals surface area contributed by atoms with E-state index in [0.717, 1.165) is 27.9 Å². The van der Waals surface area contributed by atoms with Gasteiger partial charge in [0.2, 0.25) is 0 Å². The Bertz CT molecular complexity index is 1100. The number of imide groups is 1. The second-order valence-electron chi connectivity index (χ2n) is 8.32. The van der Waals surface area contributed by atoms with Crippen LogP contribution >= 0.6 is 0 Å². The molecule has 0 radical (unpaired) electrons. The van der Waals surface area contributed by atoms with Crippen molar-refractivity contribution in [3.63, 3.8) is 0 Å². The van der Waals surface area contributed by atoms with Crippen LogP contribution in [0.2, 0.25) is 0 Å². The van der Waals surface area contributed by atoms with Crippen molar-refractivity contribution in [1.29, 1.82) is 0 Å². The van der Waals surface area contributed by atoms with Crippen molar-refractivity contribution in [2.75, 3.05) is 0 Å². The first kappa shape index (κ1) is 15.9. The third-order valence-electron chi connectivity index (χ3n) is 7.03. The first-order valence-electron chi connectivity index (χ1n) is 9.80. The Kier molecular flexibility index (Phi) is 3.09. The molecule has 6 atom stereocenters. The number of amides is 2. The van der Waals surface area contributed by atoms with Crippen LogP contribution in [0.4, 0.5) is 0 Å². The lowest BCUT2D eigenvalue weighted by Crippen LogP contribution is -2.40. The van der Waals surface area contributed by atoms with Crippen LogP contribution in [0.25, 0.3) is 10.9 Å². The molecule has 138 valence electrons. The fourth-order valence-corrected chi connectivity index (χ4v) is 5.78. The summed E-state index contributed by atoms with van der Waals surface area (Å²) in [5.74, 6) is 3.57. The van der Waals surface area contributed by atoms with E-state index in [2.05, 4.69) is 23.2 Å². The number of rotatable bonds is 3. The third kappa shape index (κ3) is 1.95. The molecule has 2 bridgehead atoms. The van der Waals surface area contributed by atoms with E-state index >= 15 is 0 Å². The molecular weight excluding hydrogens is 350 g/mol. The molecule has 5 nitrogen and oxygen atoms in total. The first-order valence-corrected chi connectivity index (χ1v) is 9.80. The van der Waals surface area contributed by atoms with Crippen molar-refractivity contribution < 1.29 is 9.59 Å². The van der Waals surface area contributed by atoms with Gasteiger partial charge in [0.05, 0.1) is 24.6 Å². The molecule has 4 aliphatic carbocycles. The highest BCUT2D eigenvalue weighted by molar-refractivity contribution is 6.07. The number of allylic oxidation sites excluding steroid dienone is 2. The highest BCUT2D eigenvalue weighted by Gasteiger charge is 2.67. The van der Waals surface area contributed by atoms with Crippen molar-refractivity contribution in [3.8, 4) is 12.3 Å². The van der Waals surface area contributed by atoms with Crippen LogP contribution in [-0.2, 0) is 16.1 Å². The van der Waals surface area contributed by atoms with Gasteiger partial charge in [0.15, 0.2) is 0 Å². The average molecular weight is 369 g/mol. The molecule has 1 aliphatic heterocycles. The second-order valence-corrected chi connectivity index (χ2v) is 8.32. The zero-order chi connectivity index (χ0) is 19.0. The molecule has 1 aromatic carbocycles. The lowest BCUT2D eigenvalue weighted by Gasteiger charge is -2.37. The molecule has 2 amide bonds. The minimum Gasteiger partial charge on any atom is -0.335 e. The molecule has 1 aromatic heterocycles. The number of para-hydroxylation sites is 1. The van der Waals surface area contributed by atoms with Crippen molar-refractivity contribution in [3.05, 3.63) is 48.2 Å². The summed E-state index contributed by atoms with van der Waals surface area (Å²) in [6.07, 6.45) is 14.5. The minimum atomic E-state index is -0.216. The molecule has 28 heavy (non-hydrogen) atoms. The lowest BCUT2D eigenvalue weighted by atomic mass is 9.63. The van der Waals surface area contributed by atoms with Gasteiger partial charge >= 0.3 is 0 Å². The molecule has 2 saturated carbocycles. The Morgan fingerprint density at radius 2 is 1.79 bits per heavy atom. The number of carbonyl (C=O) groups is 2. The molecule has 5 heteroatoms. The van der Waals surface area contributed by atoms with Crippen molar-refractivity contribution in [2.24, 2.45) is 40.6 Å². The van der Waals surface area contributed by atoms with Crippen LogP contribution in [-0.4, -0.2) is 27.6 Å². The summed E-state index contributed by atoms with van der Waals surface area (Å²) in [5, 5.41) is 6.48. The molecule has 3 fully saturated rings. The fraction of sp³-hybridized carbons (Fsp3) is 0.348. The molecule has 0 spiro atoms. The van der Waals surface area contributed by atoms with Crippen LogP contribution in [0.1, 0.15) is 12.0 Å². The van der Waals surface area contributed by atoms with E-state index in [4.69, 9.17) is 6.42 Å². The summed E-state index contributed by atoms with van der Waals surface area (Å²) < 4.78 is 1.97. The average Bonchev–Trinajstić information content (AvgIpc) is 3.42. The van der Waals surface area contributed by atoms with Crippen LogP contribution < -0.4 is 0 Å². The molecule has 1 saturated heterocycles. The molecule has 2 aromatic rings. The number of benzene rings is 1. The van der Waals surface area contributed by atoms with Gasteiger partial charge in [0, 0.05) is 22.7 Å². The molecular formula is C23H19N3O2. The van der Waals surface area contributed by atoms with Crippen molar-refractivity contribution in [1.82, 2.24) is 9.58 Å². The van der Waals surface area contributed by atoms with Gasteiger partial charge in [-0.3, -0.25) is 9.59 Å². The predicted molar refractivity (Wildman–Crippen MR) is 105 cm³/mol. The van der Waals surface area contributed by atoms with Crippen molar-refractivity contribution >= 4 is 28.9 Å². The maximum Gasteiger partial charge on any atom is 0.254 e. The number of hydrogen-bond acceptors (Lipinski definition) is 3. The molecule has 0 unspecified atom stereocenters. The number of terminal acetylenes is 1. The summed E-state index contributed by atoms with van der Waals surface area (Å²) in [6, 6.07) is 7.91. The number of hydrazone groups is 1. The minimum absolute atomic E-state index is 0.136. The number of fused-ring (bicyclic) bond motifs is 1. The van der Waals surface area contributed by atoms with Crippen molar-refractivity contribution in [2.45, 2.75) is 13.0 Å². The SMILES string of the molecule is C#CCn1cc(/C=N\N2C(=O)[C@@H]3[C@H]4C=C[C@@H]([C@@H]5C[C@H]45)[C@@H]3C2=O)c2ccccc21. The molecule has 2 heterocycles. The summed E-state index contributed by atoms with van der Waals surface area (Å²) in [7, 11) is 0. The molecule has 0 N–H and O–H groups in total. The Morgan fingerprint density at radius 1 is 1.11 bits per heavy atom. The van der Waals surface area contributed by atoms with Crippen LogP contribution in [0.15, 0.2) is 47.7 Å². The largest absolute Gasteiger partial charge is 0.335 e. The van der Waals surface area contributed by atoms with Crippen LogP contribution in [0, 0.1) is 47.9 Å². The summed E-state index contributed by atoms with van der Waals surface area (Å²) in [5.41, 5.74) is 1.86. The van der Waals surface area contributed by atoms with Gasteiger partial charge in [-0.05, 0) is 36.2 Å². The Labute approximate surface area is 162 Å². The Balaban J connectivity index is 1.35. The smallest absolute Gasteiger partial charge is 0.254 e. The number of hydrogen-bond donors (Lipinski definition) is 0. The lowest BCUT2D eigenvalue weighted by molar-refractivity contribution is -0.140. The molecule has 7 rings (SSSR count). The standard InChI is InChI=1S/C23H19N3O2/c1-2-9-25-12-13(14-5-3-4-6-19(14)25)11-24-26-22(27)20-15-7-8-16(18-10-17(15)18)21(20)23(26)28/h1,3-8,11-12,15-18,20-21H,9-10H2/b24-11-/t15-,16-,17-,18+,20-,21+/m0/s1. The number of nitrogens with zero attached hydrogens (tertiary/aromatic N) is 3. The van der Waals surface area contributed by atoms with E-state index in [1.807, 2.05) is 35.0 Å². The highest BCUT2D eigenvalue weighted by Crippen LogP contribution is 2.65. The van der Waals surface area contributed by atoms with Gasteiger partial charge in [-0.15, -0.1) is 6.42 Å². The van der Waals surface area contributed by atoms with E-state index in [1.165, 1.54) is 0 Å². The first-order chi connectivity index (χ1) is 13.7. The Morgan fingerprint density at radius 3 is 2.46 bits per heavy atom. The fourth-order valence-electron chi connectivity index (χ4n) is 5.78. The summed E-state index contributed by atoms with van der Waals surface area (Å²) in [6.45, 7) is 0.456. The topological polar surface area (TPSA) is 54.7 Å². The highest BCUT2D eigenvalue weighted by atomic mass is 16.2. The maximum atomic E-state index is 13.0. The van der Waals surface area contributed by atoms with Gasteiger partial charge in [-0.1, -0.05) is 36.3 Å². The van der Waals surface area contributed by atoms with E-state index in [0.29, 0.717) is 18.4 Å². The maximum absolute atomic E-state index is 13.0. The summed E-state index contributed by atoms with van der Waals surface area (Å²) >= 11 is 0. The quantitative estimate of drug-likeness (QED) is 0.361. The zero-order valence-electron chi connectivity index (χ0n) is 15.2. The van der Waals surface area contributed by atoms with E-state index < -0.39 is 0 Å². The second kappa shape index (κ2) is 5.45. The summed E-state index contributed by atoms with van der Waals surface area (Å²) in [4.78, 5) is 26.0. The Hall–Kier alpha value is -3.13. The van der Waals surface area contributed by atoms with Gasteiger partial charge in [-0.2, -0.15) is 10.1 Å². The third-order valence-corrected chi connectivity index (χ3v) is 7.03. The zero-order valence-corrected chi connectivity index (χ0v) is 15.2. The van der Waals surface area contributed by atoms with Gasteiger partial charge < -0.3 is 4.57 Å².